The van der Waals surface area contributed by atoms with Gasteiger partial charge in [-0.1, -0.05) is 26.0 Å². The molecule has 1 aromatic carbocycles. The molecule has 112 valence electrons. The van der Waals surface area contributed by atoms with Crippen molar-refractivity contribution >= 4 is 21.6 Å². The number of carbonyl (C=O) groups excluding carboxylic acids is 1. The number of hydrogen-bond acceptors (Lipinski definition) is 5. The van der Waals surface area contributed by atoms with E-state index < -0.39 is 15.9 Å². The average Bonchev–Trinajstić information content (AvgIpc) is 2.88. The van der Waals surface area contributed by atoms with Gasteiger partial charge in [0.25, 0.3) is 5.91 Å². The lowest BCUT2D eigenvalue weighted by molar-refractivity contribution is 0.101. The minimum atomic E-state index is -3.93. The highest BCUT2D eigenvalue weighted by atomic mass is 32.2. The van der Waals surface area contributed by atoms with Crippen LogP contribution in [0.15, 0.2) is 29.2 Å². The Balaban J connectivity index is 2.28. The SMILES string of the molecule is CC(C)c1nc(C(=O)Nc2ccccc2S(N)(=O)=O)n[nH]1. The van der Waals surface area contributed by atoms with E-state index in [-0.39, 0.29) is 22.3 Å². The Labute approximate surface area is 121 Å². The third-order valence-corrected chi connectivity index (χ3v) is 3.66. The fourth-order valence-corrected chi connectivity index (χ4v) is 2.32. The molecule has 21 heavy (non-hydrogen) atoms. The van der Waals surface area contributed by atoms with Gasteiger partial charge in [-0.2, -0.15) is 0 Å². The summed E-state index contributed by atoms with van der Waals surface area (Å²) in [7, 11) is -3.93. The van der Waals surface area contributed by atoms with Crippen molar-refractivity contribution in [1.29, 1.82) is 0 Å². The largest absolute Gasteiger partial charge is 0.318 e. The van der Waals surface area contributed by atoms with Gasteiger partial charge in [0.2, 0.25) is 15.8 Å². The van der Waals surface area contributed by atoms with Crippen molar-refractivity contribution in [2.24, 2.45) is 5.14 Å². The van der Waals surface area contributed by atoms with Crippen molar-refractivity contribution in [2.45, 2.75) is 24.7 Å². The molecule has 0 spiro atoms. The predicted molar refractivity (Wildman–Crippen MR) is 76.2 cm³/mol. The number of rotatable bonds is 4. The lowest BCUT2D eigenvalue weighted by atomic mass is 10.2. The van der Waals surface area contributed by atoms with Crippen molar-refractivity contribution in [3.8, 4) is 0 Å². The molecule has 0 atom stereocenters. The molecular formula is C12H15N5O3S. The molecule has 4 N–H and O–H groups in total. The number of aromatic amines is 1. The summed E-state index contributed by atoms with van der Waals surface area (Å²) in [4.78, 5) is 15.9. The zero-order valence-electron chi connectivity index (χ0n) is 11.5. The first-order valence-corrected chi connectivity index (χ1v) is 7.69. The maximum atomic E-state index is 12.0. The van der Waals surface area contributed by atoms with Crippen LogP contribution in [0.1, 0.15) is 36.2 Å². The third kappa shape index (κ3) is 3.44. The molecule has 2 aromatic rings. The lowest BCUT2D eigenvalue weighted by Crippen LogP contribution is -2.19. The number of primary sulfonamides is 1. The van der Waals surface area contributed by atoms with Crippen LogP contribution < -0.4 is 10.5 Å². The quantitative estimate of drug-likeness (QED) is 0.769. The van der Waals surface area contributed by atoms with Crippen molar-refractivity contribution in [3.63, 3.8) is 0 Å². The van der Waals surface area contributed by atoms with Crippen LogP contribution in [0.5, 0.6) is 0 Å². The Morgan fingerprint density at radius 1 is 1.33 bits per heavy atom. The number of H-pyrrole nitrogens is 1. The number of benzene rings is 1. The summed E-state index contributed by atoms with van der Waals surface area (Å²) in [6.45, 7) is 3.80. The van der Waals surface area contributed by atoms with Crippen LogP contribution in [-0.4, -0.2) is 29.5 Å². The van der Waals surface area contributed by atoms with Crippen LogP contribution in [0.25, 0.3) is 0 Å². The smallest absolute Gasteiger partial charge is 0.295 e. The van der Waals surface area contributed by atoms with E-state index >= 15 is 0 Å². The molecule has 0 aliphatic rings. The number of anilines is 1. The topological polar surface area (TPSA) is 131 Å². The summed E-state index contributed by atoms with van der Waals surface area (Å²) in [6.07, 6.45) is 0. The molecule has 0 aliphatic heterocycles. The number of sulfonamides is 1. The van der Waals surface area contributed by atoms with Crippen molar-refractivity contribution in [3.05, 3.63) is 35.9 Å². The summed E-state index contributed by atoms with van der Waals surface area (Å²) in [5.74, 6) is -0.0205. The van der Waals surface area contributed by atoms with Gasteiger partial charge in [0.05, 0.1) is 5.69 Å². The van der Waals surface area contributed by atoms with Gasteiger partial charge in [-0.05, 0) is 12.1 Å². The van der Waals surface area contributed by atoms with E-state index in [1.807, 2.05) is 13.8 Å². The molecule has 0 aliphatic carbocycles. The zero-order valence-corrected chi connectivity index (χ0v) is 12.3. The zero-order chi connectivity index (χ0) is 15.6. The molecule has 0 radical (unpaired) electrons. The van der Waals surface area contributed by atoms with Gasteiger partial charge in [-0.3, -0.25) is 9.89 Å². The molecule has 2 rings (SSSR count). The Morgan fingerprint density at radius 2 is 2.00 bits per heavy atom. The summed E-state index contributed by atoms with van der Waals surface area (Å²) in [5.41, 5.74) is 0.0842. The number of carbonyl (C=O) groups is 1. The molecule has 0 bridgehead atoms. The van der Waals surface area contributed by atoms with Gasteiger partial charge >= 0.3 is 0 Å². The van der Waals surface area contributed by atoms with Gasteiger partial charge in [-0.25, -0.2) is 18.5 Å². The molecular weight excluding hydrogens is 294 g/mol. The van der Waals surface area contributed by atoms with Crippen molar-refractivity contribution < 1.29 is 13.2 Å². The summed E-state index contributed by atoms with van der Waals surface area (Å²) < 4.78 is 22.9. The highest BCUT2D eigenvalue weighted by Gasteiger charge is 2.18. The number of amides is 1. The van der Waals surface area contributed by atoms with E-state index in [1.165, 1.54) is 18.2 Å². The van der Waals surface area contributed by atoms with Crippen LogP contribution in [-0.2, 0) is 10.0 Å². The molecule has 0 saturated carbocycles. The number of aromatic nitrogens is 3. The lowest BCUT2D eigenvalue weighted by Gasteiger charge is -2.07. The van der Waals surface area contributed by atoms with Gasteiger partial charge in [0.1, 0.15) is 10.7 Å². The Kier molecular flexibility index (Phi) is 4.05. The maximum absolute atomic E-state index is 12.0. The van der Waals surface area contributed by atoms with E-state index in [2.05, 4.69) is 20.5 Å². The average molecular weight is 309 g/mol. The molecule has 0 fully saturated rings. The minimum absolute atomic E-state index is 0.0667. The van der Waals surface area contributed by atoms with E-state index in [0.29, 0.717) is 5.82 Å². The first-order valence-electron chi connectivity index (χ1n) is 6.14. The van der Waals surface area contributed by atoms with Crippen LogP contribution in [0.4, 0.5) is 5.69 Å². The minimum Gasteiger partial charge on any atom is -0.318 e. The fourth-order valence-electron chi connectivity index (χ4n) is 1.63. The third-order valence-electron chi connectivity index (χ3n) is 2.69. The molecule has 0 unspecified atom stereocenters. The maximum Gasteiger partial charge on any atom is 0.295 e. The summed E-state index contributed by atoms with van der Waals surface area (Å²) in [6, 6.07) is 5.84. The first-order chi connectivity index (χ1) is 9.79. The van der Waals surface area contributed by atoms with E-state index in [9.17, 15) is 13.2 Å². The predicted octanol–water partition coefficient (Wildman–Crippen LogP) is 0.828. The fraction of sp³-hybridized carbons (Fsp3) is 0.250. The summed E-state index contributed by atoms with van der Waals surface area (Å²) in [5, 5.41) is 14.0. The van der Waals surface area contributed by atoms with Crippen molar-refractivity contribution in [1.82, 2.24) is 15.2 Å². The molecule has 1 aromatic heterocycles. The first kappa shape index (κ1) is 15.1. The second-order valence-electron chi connectivity index (χ2n) is 4.69. The standard InChI is InChI=1S/C12H15N5O3S/c1-7(2)10-15-11(17-16-10)12(18)14-8-5-3-4-6-9(8)21(13,19)20/h3-7H,1-2H3,(H,14,18)(H2,13,19,20)(H,15,16,17). The van der Waals surface area contributed by atoms with E-state index in [4.69, 9.17) is 5.14 Å². The molecule has 1 amide bonds. The van der Waals surface area contributed by atoms with Gasteiger partial charge < -0.3 is 5.32 Å². The van der Waals surface area contributed by atoms with Gasteiger partial charge in [0, 0.05) is 5.92 Å². The second kappa shape index (κ2) is 5.62. The number of hydrogen-bond donors (Lipinski definition) is 3. The highest BCUT2D eigenvalue weighted by Crippen LogP contribution is 2.19. The normalized spacial score (nSPS) is 11.6. The highest BCUT2D eigenvalue weighted by molar-refractivity contribution is 7.89. The Morgan fingerprint density at radius 3 is 2.57 bits per heavy atom. The van der Waals surface area contributed by atoms with Crippen LogP contribution in [0.3, 0.4) is 0 Å². The Bertz CT molecular complexity index is 767. The molecule has 8 nitrogen and oxygen atoms in total. The van der Waals surface area contributed by atoms with E-state index in [1.54, 1.807) is 6.07 Å². The van der Waals surface area contributed by atoms with Crippen LogP contribution in [0, 0.1) is 0 Å². The van der Waals surface area contributed by atoms with Crippen LogP contribution >= 0.6 is 0 Å². The second-order valence-corrected chi connectivity index (χ2v) is 6.22. The number of nitrogens with zero attached hydrogens (tertiary/aromatic N) is 2. The van der Waals surface area contributed by atoms with E-state index in [0.717, 1.165) is 0 Å². The van der Waals surface area contributed by atoms with Crippen molar-refractivity contribution in [2.75, 3.05) is 5.32 Å². The molecule has 9 heteroatoms. The number of para-hydroxylation sites is 1. The summed E-state index contributed by atoms with van der Waals surface area (Å²) >= 11 is 0. The number of nitrogens with one attached hydrogen (secondary N) is 2. The number of nitrogens with two attached hydrogens (primary N) is 1. The Hall–Kier alpha value is -2.26. The van der Waals surface area contributed by atoms with Crippen LogP contribution in [0.2, 0.25) is 0 Å². The van der Waals surface area contributed by atoms with Gasteiger partial charge in [0.15, 0.2) is 0 Å². The monoisotopic (exact) mass is 309 g/mol. The molecule has 1 heterocycles. The van der Waals surface area contributed by atoms with Gasteiger partial charge in [-0.15, -0.1) is 5.10 Å². The molecule has 0 saturated heterocycles.